The van der Waals surface area contributed by atoms with E-state index >= 15 is 0 Å². The quantitative estimate of drug-likeness (QED) is 0.765. The predicted octanol–water partition coefficient (Wildman–Crippen LogP) is 2.27. The first kappa shape index (κ1) is 12.7. The Morgan fingerprint density at radius 1 is 1.28 bits per heavy atom. The van der Waals surface area contributed by atoms with Crippen LogP contribution in [-0.4, -0.2) is 29.7 Å². The summed E-state index contributed by atoms with van der Waals surface area (Å²) in [5.41, 5.74) is -0.0324. The summed E-state index contributed by atoms with van der Waals surface area (Å²) >= 11 is 0. The van der Waals surface area contributed by atoms with Crippen molar-refractivity contribution in [3.8, 4) is 0 Å². The molecular weight excluding hydrogens is 233 g/mol. The summed E-state index contributed by atoms with van der Waals surface area (Å²) in [4.78, 5) is 25.5. The van der Waals surface area contributed by atoms with Gasteiger partial charge in [-0.3, -0.25) is 9.59 Å². The summed E-state index contributed by atoms with van der Waals surface area (Å²) in [5.74, 6) is -0.318. The fourth-order valence-electron chi connectivity index (χ4n) is 2.17. The van der Waals surface area contributed by atoms with Gasteiger partial charge < -0.3 is 4.90 Å². The van der Waals surface area contributed by atoms with E-state index in [-0.39, 0.29) is 17.5 Å². The topological polar surface area (TPSA) is 37.4 Å². The molecule has 18 heavy (non-hydrogen) atoms. The number of benzene rings is 1. The highest BCUT2D eigenvalue weighted by atomic mass is 19.1. The second kappa shape index (κ2) is 4.52. The highest BCUT2D eigenvalue weighted by Crippen LogP contribution is 2.26. The zero-order valence-electron chi connectivity index (χ0n) is 10.6. The van der Waals surface area contributed by atoms with Crippen LogP contribution in [0.5, 0.6) is 0 Å². The molecule has 1 aromatic rings. The van der Waals surface area contributed by atoms with Crippen LogP contribution in [0.1, 0.15) is 30.6 Å². The van der Waals surface area contributed by atoms with E-state index in [0.29, 0.717) is 25.1 Å². The summed E-state index contributed by atoms with van der Waals surface area (Å²) in [6.07, 6.45) is 0.389. The Labute approximate surface area is 106 Å². The van der Waals surface area contributed by atoms with E-state index in [9.17, 15) is 14.0 Å². The zero-order valence-corrected chi connectivity index (χ0v) is 10.6. The Morgan fingerprint density at radius 3 is 2.44 bits per heavy atom. The molecule has 3 nitrogen and oxygen atoms in total. The molecule has 0 radical (unpaired) electrons. The van der Waals surface area contributed by atoms with Crippen LogP contribution in [0.3, 0.4) is 0 Å². The van der Waals surface area contributed by atoms with Gasteiger partial charge in [-0.25, -0.2) is 4.39 Å². The Bertz CT molecular complexity index is 479. The van der Waals surface area contributed by atoms with Gasteiger partial charge in [0.25, 0.3) is 5.91 Å². The summed E-state index contributed by atoms with van der Waals surface area (Å²) in [7, 11) is 0. The van der Waals surface area contributed by atoms with E-state index in [1.54, 1.807) is 4.90 Å². The minimum Gasteiger partial charge on any atom is -0.337 e. The van der Waals surface area contributed by atoms with Gasteiger partial charge in [-0.1, -0.05) is 13.8 Å². The van der Waals surface area contributed by atoms with Gasteiger partial charge in [0.05, 0.1) is 0 Å². The van der Waals surface area contributed by atoms with Crippen molar-refractivity contribution in [2.75, 3.05) is 13.1 Å². The van der Waals surface area contributed by atoms with Crippen LogP contribution in [0.2, 0.25) is 0 Å². The van der Waals surface area contributed by atoms with Crippen molar-refractivity contribution in [1.82, 2.24) is 4.90 Å². The van der Waals surface area contributed by atoms with Gasteiger partial charge in [0.15, 0.2) is 0 Å². The SMILES string of the molecule is CC1(C)CN(C(=O)c2ccc(F)cc2)CCC1=O. The maximum absolute atomic E-state index is 12.8. The summed E-state index contributed by atoms with van der Waals surface area (Å²) in [6, 6.07) is 5.49. The third-order valence-corrected chi connectivity index (χ3v) is 3.33. The van der Waals surface area contributed by atoms with E-state index in [1.807, 2.05) is 13.8 Å². The average molecular weight is 249 g/mol. The molecule has 1 aliphatic rings. The normalized spacial score (nSPS) is 18.8. The lowest BCUT2D eigenvalue weighted by Crippen LogP contribution is -2.48. The molecule has 0 aromatic heterocycles. The largest absolute Gasteiger partial charge is 0.337 e. The van der Waals surface area contributed by atoms with E-state index in [2.05, 4.69) is 0 Å². The number of halogens is 1. The van der Waals surface area contributed by atoms with Crippen LogP contribution in [0.25, 0.3) is 0 Å². The molecule has 0 atom stereocenters. The number of carbonyl (C=O) groups is 2. The second-order valence-electron chi connectivity index (χ2n) is 5.29. The van der Waals surface area contributed by atoms with Crippen molar-refractivity contribution in [2.24, 2.45) is 5.41 Å². The van der Waals surface area contributed by atoms with Crippen molar-refractivity contribution in [3.63, 3.8) is 0 Å². The van der Waals surface area contributed by atoms with Crippen molar-refractivity contribution < 1.29 is 14.0 Å². The molecule has 2 rings (SSSR count). The maximum Gasteiger partial charge on any atom is 0.253 e. The van der Waals surface area contributed by atoms with Crippen LogP contribution in [0, 0.1) is 11.2 Å². The third-order valence-electron chi connectivity index (χ3n) is 3.33. The number of amides is 1. The van der Waals surface area contributed by atoms with Crippen molar-refractivity contribution >= 4 is 11.7 Å². The fourth-order valence-corrected chi connectivity index (χ4v) is 2.17. The molecule has 96 valence electrons. The van der Waals surface area contributed by atoms with E-state index in [1.165, 1.54) is 24.3 Å². The lowest BCUT2D eigenvalue weighted by molar-refractivity contribution is -0.130. The standard InChI is InChI=1S/C14H16FNO2/c1-14(2)9-16(8-7-12(14)17)13(18)10-3-5-11(15)6-4-10/h3-6H,7-9H2,1-2H3. The number of Topliss-reactive ketones (excluding diaryl/α,β-unsaturated/α-hetero) is 1. The molecule has 0 N–H and O–H groups in total. The first-order valence-corrected chi connectivity index (χ1v) is 5.98. The average Bonchev–Trinajstić information content (AvgIpc) is 2.33. The zero-order chi connectivity index (χ0) is 13.3. The van der Waals surface area contributed by atoms with Crippen LogP contribution >= 0.6 is 0 Å². The molecule has 0 aliphatic carbocycles. The molecule has 4 heteroatoms. The molecular formula is C14H16FNO2. The summed E-state index contributed by atoms with van der Waals surface area (Å²) in [5, 5.41) is 0. The van der Waals surface area contributed by atoms with Gasteiger partial charge in [-0.2, -0.15) is 0 Å². The summed E-state index contributed by atoms with van der Waals surface area (Å²) < 4.78 is 12.8. The second-order valence-corrected chi connectivity index (χ2v) is 5.29. The van der Waals surface area contributed by atoms with Crippen LogP contribution in [-0.2, 0) is 4.79 Å². The molecule has 1 amide bonds. The Morgan fingerprint density at radius 2 is 1.89 bits per heavy atom. The van der Waals surface area contributed by atoms with Gasteiger partial charge in [0.2, 0.25) is 0 Å². The van der Waals surface area contributed by atoms with Crippen LogP contribution < -0.4 is 0 Å². The number of nitrogens with zero attached hydrogens (tertiary/aromatic N) is 1. The third kappa shape index (κ3) is 2.42. The molecule has 1 aromatic carbocycles. The predicted molar refractivity (Wildman–Crippen MR) is 65.7 cm³/mol. The molecule has 0 bridgehead atoms. The fraction of sp³-hybridized carbons (Fsp3) is 0.429. The molecule has 0 unspecified atom stereocenters. The van der Waals surface area contributed by atoms with E-state index < -0.39 is 5.41 Å². The minimum absolute atomic E-state index is 0.143. The number of likely N-dealkylation sites (tertiary alicyclic amines) is 1. The molecule has 1 saturated heterocycles. The number of hydrogen-bond acceptors (Lipinski definition) is 2. The van der Waals surface area contributed by atoms with Gasteiger partial charge in [0.1, 0.15) is 11.6 Å². The summed E-state index contributed by atoms with van der Waals surface area (Å²) in [6.45, 7) is 4.55. The van der Waals surface area contributed by atoms with Gasteiger partial charge in [-0.05, 0) is 24.3 Å². The van der Waals surface area contributed by atoms with Crippen molar-refractivity contribution in [2.45, 2.75) is 20.3 Å². The Hall–Kier alpha value is -1.71. The maximum atomic E-state index is 12.8. The number of ketones is 1. The van der Waals surface area contributed by atoms with Gasteiger partial charge in [-0.15, -0.1) is 0 Å². The number of hydrogen-bond donors (Lipinski definition) is 0. The smallest absolute Gasteiger partial charge is 0.253 e. The highest BCUT2D eigenvalue weighted by Gasteiger charge is 2.36. The number of carbonyl (C=O) groups excluding carboxylic acids is 2. The van der Waals surface area contributed by atoms with E-state index in [4.69, 9.17) is 0 Å². The first-order valence-electron chi connectivity index (χ1n) is 5.98. The minimum atomic E-state index is -0.492. The van der Waals surface area contributed by atoms with Crippen LogP contribution in [0.15, 0.2) is 24.3 Å². The van der Waals surface area contributed by atoms with Crippen molar-refractivity contribution in [3.05, 3.63) is 35.6 Å². The lowest BCUT2D eigenvalue weighted by Gasteiger charge is -2.36. The van der Waals surface area contributed by atoms with Gasteiger partial charge >= 0.3 is 0 Å². The molecule has 1 aliphatic heterocycles. The van der Waals surface area contributed by atoms with Gasteiger partial charge in [0, 0.05) is 30.5 Å². The molecule has 0 spiro atoms. The van der Waals surface area contributed by atoms with Crippen molar-refractivity contribution in [1.29, 1.82) is 0 Å². The lowest BCUT2D eigenvalue weighted by atomic mass is 9.82. The number of piperidine rings is 1. The monoisotopic (exact) mass is 249 g/mol. The first-order chi connectivity index (χ1) is 8.40. The molecule has 1 heterocycles. The Balaban J connectivity index is 2.15. The van der Waals surface area contributed by atoms with Crippen LogP contribution in [0.4, 0.5) is 4.39 Å². The van der Waals surface area contributed by atoms with E-state index in [0.717, 1.165) is 0 Å². The number of rotatable bonds is 1. The molecule has 1 fully saturated rings. The molecule has 0 saturated carbocycles. The highest BCUT2D eigenvalue weighted by molar-refractivity contribution is 5.96. The Kier molecular flexibility index (Phi) is 3.20.